The molecule has 0 aliphatic carbocycles. The average molecular weight is 356 g/mol. The molecule has 1 fully saturated rings. The lowest BCUT2D eigenvalue weighted by Crippen LogP contribution is -2.50. The fourth-order valence-corrected chi connectivity index (χ4v) is 3.82. The predicted molar refractivity (Wildman–Crippen MR) is 91.2 cm³/mol. The van der Waals surface area contributed by atoms with Crippen molar-refractivity contribution in [3.05, 3.63) is 23.3 Å². The molecule has 0 radical (unpaired) electrons. The van der Waals surface area contributed by atoms with Crippen LogP contribution in [0.2, 0.25) is 0 Å². The molecule has 24 heavy (non-hydrogen) atoms. The van der Waals surface area contributed by atoms with Crippen molar-refractivity contribution in [3.63, 3.8) is 0 Å². The molecule has 8 heteroatoms. The molecule has 1 aliphatic rings. The van der Waals surface area contributed by atoms with Crippen LogP contribution in [0.5, 0.6) is 11.5 Å². The molecule has 1 heterocycles. The lowest BCUT2D eigenvalue weighted by molar-refractivity contribution is 0.0694. The second-order valence-electron chi connectivity index (χ2n) is 5.61. The Hall–Kier alpha value is -1.80. The van der Waals surface area contributed by atoms with Gasteiger partial charge in [0.25, 0.3) is 5.91 Å². The lowest BCUT2D eigenvalue weighted by atomic mass is 10.1. The fraction of sp³-hybridized carbons (Fsp3) is 0.562. The van der Waals surface area contributed by atoms with Crippen molar-refractivity contribution in [1.29, 1.82) is 0 Å². The number of hydrogen-bond acceptors (Lipinski definition) is 5. The number of ether oxygens (including phenoxy) is 2. The van der Waals surface area contributed by atoms with Crippen LogP contribution in [0.25, 0.3) is 0 Å². The Kier molecular flexibility index (Phi) is 5.71. The molecular weight excluding hydrogens is 332 g/mol. The molecular formula is C16H24N2O5S. The summed E-state index contributed by atoms with van der Waals surface area (Å²) in [6.07, 6.45) is 0. The summed E-state index contributed by atoms with van der Waals surface area (Å²) < 4.78 is 35.9. The highest BCUT2D eigenvalue weighted by Crippen LogP contribution is 2.29. The highest BCUT2D eigenvalue weighted by molar-refractivity contribution is 7.89. The monoisotopic (exact) mass is 356 g/mol. The van der Waals surface area contributed by atoms with Crippen LogP contribution < -0.4 is 9.47 Å². The van der Waals surface area contributed by atoms with Crippen LogP contribution in [0, 0.1) is 6.92 Å². The van der Waals surface area contributed by atoms with E-state index in [9.17, 15) is 13.2 Å². The van der Waals surface area contributed by atoms with Crippen molar-refractivity contribution in [2.45, 2.75) is 13.8 Å². The predicted octanol–water partition coefficient (Wildman–Crippen LogP) is 1.12. The van der Waals surface area contributed by atoms with Gasteiger partial charge >= 0.3 is 0 Å². The number of piperazine rings is 1. The Bertz CT molecular complexity index is 709. The van der Waals surface area contributed by atoms with E-state index in [1.807, 2.05) is 6.92 Å². The molecule has 0 saturated carbocycles. The zero-order valence-corrected chi connectivity index (χ0v) is 15.4. The van der Waals surface area contributed by atoms with E-state index < -0.39 is 10.0 Å². The number of aryl methyl sites for hydroxylation is 1. The number of rotatable bonds is 5. The zero-order chi connectivity index (χ0) is 17.9. The van der Waals surface area contributed by atoms with Crippen LogP contribution >= 0.6 is 0 Å². The SMILES string of the molecule is CCS(=O)(=O)N1CCN(C(=O)c2cc(OC)c(C)cc2OC)CC1. The highest BCUT2D eigenvalue weighted by Gasteiger charge is 2.29. The molecule has 1 aromatic carbocycles. The maximum Gasteiger partial charge on any atom is 0.257 e. The van der Waals surface area contributed by atoms with Gasteiger partial charge in [-0.05, 0) is 31.5 Å². The summed E-state index contributed by atoms with van der Waals surface area (Å²) in [7, 11) is -0.143. The van der Waals surface area contributed by atoms with Crippen LogP contribution in [0.15, 0.2) is 12.1 Å². The van der Waals surface area contributed by atoms with Crippen molar-refractivity contribution in [3.8, 4) is 11.5 Å². The maximum absolute atomic E-state index is 12.8. The Morgan fingerprint density at radius 3 is 2.17 bits per heavy atom. The third-order valence-corrected chi connectivity index (χ3v) is 6.11. The van der Waals surface area contributed by atoms with Crippen molar-refractivity contribution >= 4 is 15.9 Å². The molecule has 1 aromatic rings. The van der Waals surface area contributed by atoms with Crippen molar-refractivity contribution < 1.29 is 22.7 Å². The molecule has 0 spiro atoms. The highest BCUT2D eigenvalue weighted by atomic mass is 32.2. The molecule has 0 N–H and O–H groups in total. The van der Waals surface area contributed by atoms with Crippen molar-refractivity contribution in [1.82, 2.24) is 9.21 Å². The van der Waals surface area contributed by atoms with Gasteiger partial charge < -0.3 is 14.4 Å². The minimum Gasteiger partial charge on any atom is -0.496 e. The van der Waals surface area contributed by atoms with E-state index in [1.54, 1.807) is 31.1 Å². The Morgan fingerprint density at radius 1 is 1.08 bits per heavy atom. The van der Waals surface area contributed by atoms with Gasteiger partial charge in [-0.2, -0.15) is 4.31 Å². The number of sulfonamides is 1. The first-order valence-electron chi connectivity index (χ1n) is 7.83. The third-order valence-electron chi connectivity index (χ3n) is 4.23. The average Bonchev–Trinajstić information content (AvgIpc) is 2.60. The van der Waals surface area contributed by atoms with E-state index in [0.29, 0.717) is 43.2 Å². The largest absolute Gasteiger partial charge is 0.496 e. The van der Waals surface area contributed by atoms with E-state index in [2.05, 4.69) is 0 Å². The Labute approximate surface area is 143 Å². The summed E-state index contributed by atoms with van der Waals surface area (Å²) in [6, 6.07) is 3.44. The summed E-state index contributed by atoms with van der Waals surface area (Å²) in [5.74, 6) is 0.996. The second-order valence-corrected chi connectivity index (χ2v) is 7.87. The molecule has 2 rings (SSSR count). The zero-order valence-electron chi connectivity index (χ0n) is 14.5. The number of benzene rings is 1. The number of amides is 1. The van der Waals surface area contributed by atoms with E-state index in [-0.39, 0.29) is 11.7 Å². The Balaban J connectivity index is 2.19. The fourth-order valence-electron chi connectivity index (χ4n) is 2.74. The summed E-state index contributed by atoms with van der Waals surface area (Å²) in [4.78, 5) is 14.5. The molecule has 134 valence electrons. The smallest absolute Gasteiger partial charge is 0.257 e. The van der Waals surface area contributed by atoms with Gasteiger partial charge in [-0.25, -0.2) is 8.42 Å². The lowest BCUT2D eigenvalue weighted by Gasteiger charge is -2.34. The number of nitrogens with zero attached hydrogens (tertiary/aromatic N) is 2. The topological polar surface area (TPSA) is 76.2 Å². The summed E-state index contributed by atoms with van der Waals surface area (Å²) in [6.45, 7) is 4.84. The molecule has 0 aromatic heterocycles. The molecule has 0 bridgehead atoms. The first-order valence-corrected chi connectivity index (χ1v) is 9.44. The van der Waals surface area contributed by atoms with Crippen LogP contribution in [0.3, 0.4) is 0 Å². The first kappa shape index (κ1) is 18.5. The molecule has 1 saturated heterocycles. The van der Waals surface area contributed by atoms with Gasteiger partial charge in [0.05, 0.1) is 25.5 Å². The molecule has 7 nitrogen and oxygen atoms in total. The molecule has 1 amide bonds. The van der Waals surface area contributed by atoms with E-state index >= 15 is 0 Å². The van der Waals surface area contributed by atoms with Gasteiger partial charge in [-0.15, -0.1) is 0 Å². The minimum absolute atomic E-state index is 0.0733. The van der Waals surface area contributed by atoms with Crippen molar-refractivity contribution in [2.75, 3.05) is 46.2 Å². The summed E-state index contributed by atoms with van der Waals surface area (Å²) >= 11 is 0. The number of carbonyl (C=O) groups excluding carboxylic acids is 1. The quantitative estimate of drug-likeness (QED) is 0.790. The molecule has 1 aliphatic heterocycles. The molecule has 0 unspecified atom stereocenters. The van der Waals surface area contributed by atoms with Gasteiger partial charge in [-0.1, -0.05) is 0 Å². The van der Waals surface area contributed by atoms with E-state index in [1.165, 1.54) is 11.4 Å². The second kappa shape index (κ2) is 7.40. The standard InChI is InChI=1S/C16H24N2O5S/c1-5-24(20,21)18-8-6-17(7-9-18)16(19)13-11-14(22-3)12(2)10-15(13)23-4/h10-11H,5-9H2,1-4H3. The van der Waals surface area contributed by atoms with Crippen LogP contribution in [-0.4, -0.2) is 69.7 Å². The van der Waals surface area contributed by atoms with E-state index in [4.69, 9.17) is 9.47 Å². The van der Waals surface area contributed by atoms with Gasteiger partial charge in [0, 0.05) is 26.2 Å². The van der Waals surface area contributed by atoms with Gasteiger partial charge in [-0.3, -0.25) is 4.79 Å². The third kappa shape index (κ3) is 3.64. The van der Waals surface area contributed by atoms with Gasteiger partial charge in [0.2, 0.25) is 10.0 Å². The maximum atomic E-state index is 12.8. The van der Waals surface area contributed by atoms with Crippen LogP contribution in [0.1, 0.15) is 22.8 Å². The van der Waals surface area contributed by atoms with Gasteiger partial charge in [0.1, 0.15) is 11.5 Å². The number of hydrogen-bond donors (Lipinski definition) is 0. The summed E-state index contributed by atoms with van der Waals surface area (Å²) in [5, 5.41) is 0. The van der Waals surface area contributed by atoms with Gasteiger partial charge in [0.15, 0.2) is 0 Å². The van der Waals surface area contributed by atoms with Crippen molar-refractivity contribution in [2.24, 2.45) is 0 Å². The summed E-state index contributed by atoms with van der Waals surface area (Å²) in [5.41, 5.74) is 1.30. The number of methoxy groups -OCH3 is 2. The number of carbonyl (C=O) groups is 1. The normalized spacial score (nSPS) is 16.1. The first-order chi connectivity index (χ1) is 11.3. The Morgan fingerprint density at radius 2 is 1.67 bits per heavy atom. The minimum atomic E-state index is -3.21. The van der Waals surface area contributed by atoms with Crippen LogP contribution in [-0.2, 0) is 10.0 Å². The van der Waals surface area contributed by atoms with E-state index in [0.717, 1.165) is 5.56 Å². The van der Waals surface area contributed by atoms with Crippen LogP contribution in [0.4, 0.5) is 0 Å². The molecule has 0 atom stereocenters.